The smallest absolute Gasteiger partial charge is 0.282 e. The van der Waals surface area contributed by atoms with E-state index in [-0.39, 0.29) is 28.7 Å². The molecule has 2 amide bonds. The molecule has 2 aliphatic rings. The highest BCUT2D eigenvalue weighted by atomic mass is 35.5. The topological polar surface area (TPSA) is 115 Å². The molecule has 1 fully saturated rings. The first-order valence-electron chi connectivity index (χ1n) is 9.06. The van der Waals surface area contributed by atoms with Gasteiger partial charge in [0.1, 0.15) is 11.7 Å². The van der Waals surface area contributed by atoms with Crippen LogP contribution < -0.4 is 5.32 Å². The van der Waals surface area contributed by atoms with Crippen LogP contribution in [0, 0.1) is 10.1 Å². The lowest BCUT2D eigenvalue weighted by Gasteiger charge is -2.26. The van der Waals surface area contributed by atoms with Gasteiger partial charge in [0.15, 0.2) is 5.13 Å². The minimum Gasteiger partial charge on any atom is -0.368 e. The van der Waals surface area contributed by atoms with Crippen LogP contribution in [0.4, 0.5) is 10.8 Å². The maximum Gasteiger partial charge on any atom is 0.282 e. The van der Waals surface area contributed by atoms with Crippen molar-refractivity contribution in [2.75, 3.05) is 18.5 Å². The Balaban J connectivity index is 1.50. The van der Waals surface area contributed by atoms with E-state index in [4.69, 9.17) is 16.3 Å². The second-order valence-corrected chi connectivity index (χ2v) is 8.30. The number of benzene rings is 1. The normalized spacial score (nSPS) is 18.4. The molecule has 1 aromatic carbocycles. The Morgan fingerprint density at radius 2 is 2.24 bits per heavy atom. The largest absolute Gasteiger partial charge is 0.368 e. The van der Waals surface area contributed by atoms with Crippen molar-refractivity contribution < 1.29 is 19.2 Å². The van der Waals surface area contributed by atoms with Gasteiger partial charge >= 0.3 is 0 Å². The molecule has 1 atom stereocenters. The number of fused-ring (bicyclic) bond motifs is 1. The maximum atomic E-state index is 12.9. The first-order valence-corrected chi connectivity index (χ1v) is 10.3. The van der Waals surface area contributed by atoms with Crippen molar-refractivity contribution in [2.24, 2.45) is 0 Å². The van der Waals surface area contributed by atoms with Gasteiger partial charge in [-0.05, 0) is 25.0 Å². The zero-order valence-electron chi connectivity index (χ0n) is 15.2. The summed E-state index contributed by atoms with van der Waals surface area (Å²) < 4.78 is 5.37. The zero-order chi connectivity index (χ0) is 20.5. The van der Waals surface area contributed by atoms with E-state index < -0.39 is 16.9 Å². The van der Waals surface area contributed by atoms with Crippen molar-refractivity contribution >= 4 is 45.6 Å². The number of carbonyl (C=O) groups is 2. The van der Waals surface area contributed by atoms with Gasteiger partial charge in [-0.1, -0.05) is 22.9 Å². The van der Waals surface area contributed by atoms with E-state index >= 15 is 0 Å². The number of ether oxygens (including phenoxy) is 1. The Hall–Kier alpha value is -2.56. The van der Waals surface area contributed by atoms with Crippen LogP contribution >= 0.6 is 22.9 Å². The van der Waals surface area contributed by atoms with Crippen LogP contribution in [-0.4, -0.2) is 45.9 Å². The average Bonchev–Trinajstić information content (AvgIpc) is 3.36. The van der Waals surface area contributed by atoms with Crippen molar-refractivity contribution in [3.05, 3.63) is 49.5 Å². The molecule has 152 valence electrons. The van der Waals surface area contributed by atoms with Crippen LogP contribution in [0.25, 0.3) is 0 Å². The van der Waals surface area contributed by atoms with Crippen LogP contribution in [0.5, 0.6) is 0 Å². The van der Waals surface area contributed by atoms with Gasteiger partial charge in [-0.25, -0.2) is 4.98 Å². The molecule has 1 aromatic heterocycles. The Labute approximate surface area is 174 Å². The number of anilines is 1. The molecule has 4 rings (SSSR count). The van der Waals surface area contributed by atoms with Gasteiger partial charge in [-0.3, -0.25) is 25.0 Å². The number of halogens is 1. The van der Waals surface area contributed by atoms with Crippen LogP contribution in [0.2, 0.25) is 5.02 Å². The molecule has 0 saturated carbocycles. The number of hydrogen-bond donors (Lipinski definition) is 1. The quantitative estimate of drug-likeness (QED) is 0.582. The van der Waals surface area contributed by atoms with Gasteiger partial charge in [-0.15, -0.1) is 0 Å². The number of amides is 2. The first-order chi connectivity index (χ1) is 13.9. The first kappa shape index (κ1) is 19.7. The molecular weight excluding hydrogens is 420 g/mol. The summed E-state index contributed by atoms with van der Waals surface area (Å²) in [5, 5.41) is 14.8. The van der Waals surface area contributed by atoms with E-state index in [2.05, 4.69) is 10.3 Å². The summed E-state index contributed by atoms with van der Waals surface area (Å²) >= 11 is 7.24. The van der Waals surface area contributed by atoms with Crippen molar-refractivity contribution in [3.63, 3.8) is 0 Å². The molecule has 0 bridgehead atoms. The van der Waals surface area contributed by atoms with Crippen molar-refractivity contribution in [3.8, 4) is 0 Å². The SMILES string of the molecule is O=C(Nc1nc2c(s1)CN(C(=O)c1cc(Cl)ccc1[N+](=O)[O-])CC2)C1CCCO1. The number of carbonyl (C=O) groups excluding carboxylic acids is 2. The number of aromatic nitrogens is 1. The van der Waals surface area contributed by atoms with Gasteiger partial charge in [0.25, 0.3) is 17.5 Å². The zero-order valence-corrected chi connectivity index (χ0v) is 16.8. The lowest BCUT2D eigenvalue weighted by atomic mass is 10.1. The molecule has 0 radical (unpaired) electrons. The molecule has 0 aliphatic carbocycles. The predicted molar refractivity (Wildman–Crippen MR) is 106 cm³/mol. The third-order valence-electron chi connectivity index (χ3n) is 4.86. The van der Waals surface area contributed by atoms with E-state index in [0.29, 0.717) is 31.1 Å². The monoisotopic (exact) mass is 436 g/mol. The van der Waals surface area contributed by atoms with Crippen LogP contribution in [0.3, 0.4) is 0 Å². The average molecular weight is 437 g/mol. The molecule has 2 aliphatic heterocycles. The van der Waals surface area contributed by atoms with Gasteiger partial charge < -0.3 is 9.64 Å². The van der Waals surface area contributed by atoms with E-state index in [1.54, 1.807) is 0 Å². The van der Waals surface area contributed by atoms with Crippen LogP contribution in [0.1, 0.15) is 33.8 Å². The lowest BCUT2D eigenvalue weighted by molar-refractivity contribution is -0.385. The van der Waals surface area contributed by atoms with Gasteiger partial charge in [0.05, 0.1) is 17.2 Å². The second kappa shape index (κ2) is 8.05. The minimum absolute atomic E-state index is 0.0395. The Morgan fingerprint density at radius 1 is 1.41 bits per heavy atom. The summed E-state index contributed by atoms with van der Waals surface area (Å²) in [6.07, 6.45) is 1.61. The Morgan fingerprint density at radius 3 is 2.97 bits per heavy atom. The molecule has 1 N–H and O–H groups in total. The van der Waals surface area contributed by atoms with Gasteiger partial charge in [-0.2, -0.15) is 0 Å². The van der Waals surface area contributed by atoms with Gasteiger partial charge in [0.2, 0.25) is 0 Å². The fourth-order valence-corrected chi connectivity index (χ4v) is 4.60. The Kier molecular flexibility index (Phi) is 5.48. The molecule has 9 nitrogen and oxygen atoms in total. The number of thiazole rings is 1. The summed E-state index contributed by atoms with van der Waals surface area (Å²) in [6, 6.07) is 3.94. The summed E-state index contributed by atoms with van der Waals surface area (Å²) in [5.74, 6) is -0.667. The van der Waals surface area contributed by atoms with Gasteiger partial charge in [0, 0.05) is 35.5 Å². The minimum atomic E-state index is -0.593. The highest BCUT2D eigenvalue weighted by molar-refractivity contribution is 7.15. The highest BCUT2D eigenvalue weighted by Crippen LogP contribution is 2.31. The molecule has 2 aromatic rings. The van der Waals surface area contributed by atoms with Crippen molar-refractivity contribution in [1.82, 2.24) is 9.88 Å². The molecule has 0 spiro atoms. The summed E-state index contributed by atoms with van der Waals surface area (Å²) in [7, 11) is 0. The number of nitrogens with zero attached hydrogens (tertiary/aromatic N) is 3. The van der Waals surface area contributed by atoms with Crippen LogP contribution in [0.15, 0.2) is 18.2 Å². The second-order valence-electron chi connectivity index (χ2n) is 6.78. The third kappa shape index (κ3) is 4.09. The number of rotatable bonds is 4. The molecule has 1 saturated heterocycles. The molecule has 29 heavy (non-hydrogen) atoms. The molecular formula is C18H17ClN4O5S. The predicted octanol–water partition coefficient (Wildman–Crippen LogP) is 3.02. The standard InChI is InChI=1S/C18H17ClN4O5S/c19-10-3-4-13(23(26)27)11(8-10)17(25)22-6-5-12-15(9-22)29-18(20-12)21-16(24)14-2-1-7-28-14/h3-4,8,14H,1-2,5-7,9H2,(H,20,21,24). The molecule has 1 unspecified atom stereocenters. The summed E-state index contributed by atoms with van der Waals surface area (Å²) in [5.41, 5.74) is 0.503. The summed E-state index contributed by atoms with van der Waals surface area (Å²) in [6.45, 7) is 1.23. The van der Waals surface area contributed by atoms with E-state index in [0.717, 1.165) is 17.0 Å². The number of nitro groups is 1. The number of hydrogen-bond acceptors (Lipinski definition) is 7. The fraction of sp³-hybridized carbons (Fsp3) is 0.389. The fourth-order valence-electron chi connectivity index (χ4n) is 3.40. The molecule has 11 heteroatoms. The van der Waals surface area contributed by atoms with E-state index in [1.165, 1.54) is 34.4 Å². The van der Waals surface area contributed by atoms with Crippen LogP contribution in [-0.2, 0) is 22.5 Å². The highest BCUT2D eigenvalue weighted by Gasteiger charge is 2.30. The summed E-state index contributed by atoms with van der Waals surface area (Å²) in [4.78, 5) is 42.6. The number of nitro benzene ring substituents is 1. The van der Waals surface area contributed by atoms with Crippen molar-refractivity contribution in [2.45, 2.75) is 31.9 Å². The van der Waals surface area contributed by atoms with E-state index in [9.17, 15) is 19.7 Å². The van der Waals surface area contributed by atoms with E-state index in [1.807, 2.05) is 0 Å². The molecule has 3 heterocycles. The lowest BCUT2D eigenvalue weighted by Crippen LogP contribution is -2.35. The third-order valence-corrected chi connectivity index (χ3v) is 6.09. The van der Waals surface area contributed by atoms with Crippen molar-refractivity contribution in [1.29, 1.82) is 0 Å². The Bertz CT molecular complexity index is 989. The number of nitrogens with one attached hydrogen (secondary N) is 1. The maximum absolute atomic E-state index is 12.9.